The van der Waals surface area contributed by atoms with Gasteiger partial charge in [-0.05, 0) is 22.9 Å². The Morgan fingerprint density at radius 2 is 2.12 bits per heavy atom. The predicted octanol–water partition coefficient (Wildman–Crippen LogP) is 1.24. The fourth-order valence-corrected chi connectivity index (χ4v) is 1.62. The molecule has 0 amide bonds. The molecule has 2 rings (SSSR count). The summed E-state index contributed by atoms with van der Waals surface area (Å²) in [5.74, 6) is 0.115. The minimum atomic E-state index is -0.117. The summed E-state index contributed by atoms with van der Waals surface area (Å²) in [7, 11) is 0. The van der Waals surface area contributed by atoms with E-state index < -0.39 is 0 Å². The first-order chi connectivity index (χ1) is 7.77. The van der Waals surface area contributed by atoms with Crippen LogP contribution in [0.15, 0.2) is 36.7 Å². The molecule has 0 spiro atoms. The van der Waals surface area contributed by atoms with E-state index in [1.807, 2.05) is 30.3 Å². The van der Waals surface area contributed by atoms with Crippen molar-refractivity contribution in [2.45, 2.75) is 19.4 Å². The first-order valence-electron chi connectivity index (χ1n) is 5.04. The lowest BCUT2D eigenvalue weighted by atomic mass is 10.0. The number of rotatable bonds is 4. The summed E-state index contributed by atoms with van der Waals surface area (Å²) in [5, 5.41) is 11.0. The van der Waals surface area contributed by atoms with Crippen LogP contribution in [-0.4, -0.2) is 26.0 Å². The van der Waals surface area contributed by atoms with E-state index in [1.165, 1.54) is 6.33 Å². The van der Waals surface area contributed by atoms with Gasteiger partial charge in [-0.2, -0.15) is 0 Å². The van der Waals surface area contributed by atoms with Crippen LogP contribution < -0.4 is 0 Å². The van der Waals surface area contributed by atoms with Gasteiger partial charge in [-0.3, -0.25) is 4.79 Å². The van der Waals surface area contributed by atoms with Crippen LogP contribution in [0.1, 0.15) is 24.9 Å². The van der Waals surface area contributed by atoms with Gasteiger partial charge in [-0.15, -0.1) is 5.10 Å². The average molecular weight is 216 g/mol. The van der Waals surface area contributed by atoms with Gasteiger partial charge in [0.15, 0.2) is 0 Å². The monoisotopic (exact) mass is 216 g/mol. The van der Waals surface area contributed by atoms with E-state index in [2.05, 4.69) is 15.5 Å². The number of carbonyl (C=O) groups excluding carboxylic acids is 1. The molecule has 0 fully saturated rings. The molecular formula is C11H12N4O. The van der Waals surface area contributed by atoms with Gasteiger partial charge in [-0.1, -0.05) is 30.3 Å². The van der Waals surface area contributed by atoms with Crippen molar-refractivity contribution in [1.29, 1.82) is 0 Å². The number of benzene rings is 1. The van der Waals surface area contributed by atoms with Crippen molar-refractivity contribution in [3.8, 4) is 0 Å². The number of tetrazole rings is 1. The van der Waals surface area contributed by atoms with Gasteiger partial charge in [0, 0.05) is 6.42 Å². The maximum atomic E-state index is 11.2. The molecule has 16 heavy (non-hydrogen) atoms. The number of nitrogens with zero attached hydrogens (tertiary/aromatic N) is 4. The van der Waals surface area contributed by atoms with Crippen LogP contribution >= 0.6 is 0 Å². The van der Waals surface area contributed by atoms with E-state index in [4.69, 9.17) is 0 Å². The van der Waals surface area contributed by atoms with Crippen molar-refractivity contribution in [3.05, 3.63) is 42.2 Å². The van der Waals surface area contributed by atoms with E-state index in [0.717, 1.165) is 5.56 Å². The van der Waals surface area contributed by atoms with E-state index >= 15 is 0 Å². The fraction of sp³-hybridized carbons (Fsp3) is 0.273. The largest absolute Gasteiger partial charge is 0.300 e. The van der Waals surface area contributed by atoms with Crippen molar-refractivity contribution < 1.29 is 4.79 Å². The molecule has 0 aliphatic carbocycles. The lowest BCUT2D eigenvalue weighted by Crippen LogP contribution is -2.14. The molecular weight excluding hydrogens is 204 g/mol. The molecule has 1 atom stereocenters. The zero-order valence-electron chi connectivity index (χ0n) is 8.95. The number of hydrogen-bond acceptors (Lipinski definition) is 4. The molecule has 1 heterocycles. The maximum Gasteiger partial charge on any atom is 0.138 e. The summed E-state index contributed by atoms with van der Waals surface area (Å²) in [5.41, 5.74) is 1.03. The molecule has 2 aromatic rings. The molecule has 0 bridgehead atoms. The molecule has 0 radical (unpaired) electrons. The third-order valence-electron chi connectivity index (χ3n) is 2.35. The lowest BCUT2D eigenvalue weighted by Gasteiger charge is -2.14. The second-order valence-corrected chi connectivity index (χ2v) is 3.62. The van der Waals surface area contributed by atoms with E-state index in [9.17, 15) is 4.79 Å². The van der Waals surface area contributed by atoms with Crippen LogP contribution in [0, 0.1) is 0 Å². The van der Waals surface area contributed by atoms with Crippen LogP contribution in [0.3, 0.4) is 0 Å². The first-order valence-corrected chi connectivity index (χ1v) is 5.04. The van der Waals surface area contributed by atoms with Crippen LogP contribution in [0.2, 0.25) is 0 Å². The summed E-state index contributed by atoms with van der Waals surface area (Å²) in [6.45, 7) is 1.57. The second kappa shape index (κ2) is 4.65. The zero-order chi connectivity index (χ0) is 11.4. The fourth-order valence-electron chi connectivity index (χ4n) is 1.62. The highest BCUT2D eigenvalue weighted by molar-refractivity contribution is 5.76. The Morgan fingerprint density at radius 1 is 1.38 bits per heavy atom. The average Bonchev–Trinajstić information content (AvgIpc) is 2.80. The molecule has 0 saturated carbocycles. The van der Waals surface area contributed by atoms with Gasteiger partial charge in [0.05, 0.1) is 6.04 Å². The highest BCUT2D eigenvalue weighted by Crippen LogP contribution is 2.20. The Hall–Kier alpha value is -2.04. The first kappa shape index (κ1) is 10.5. The van der Waals surface area contributed by atoms with Gasteiger partial charge in [-0.25, -0.2) is 4.68 Å². The molecule has 5 heteroatoms. The van der Waals surface area contributed by atoms with E-state index in [-0.39, 0.29) is 11.8 Å². The molecule has 0 aliphatic heterocycles. The summed E-state index contributed by atoms with van der Waals surface area (Å²) in [6, 6.07) is 9.63. The number of Topliss-reactive ketones (excluding diaryl/α,β-unsaturated/α-hetero) is 1. The van der Waals surface area contributed by atoms with Gasteiger partial charge in [0.1, 0.15) is 12.1 Å². The van der Waals surface area contributed by atoms with Crippen LogP contribution in [0.4, 0.5) is 0 Å². The van der Waals surface area contributed by atoms with Gasteiger partial charge >= 0.3 is 0 Å². The second-order valence-electron chi connectivity index (χ2n) is 3.62. The van der Waals surface area contributed by atoms with E-state index in [1.54, 1.807) is 11.6 Å². The van der Waals surface area contributed by atoms with Crippen molar-refractivity contribution >= 4 is 5.78 Å². The normalized spacial score (nSPS) is 12.3. The third-order valence-corrected chi connectivity index (χ3v) is 2.35. The summed E-state index contributed by atoms with van der Waals surface area (Å²) < 4.78 is 1.61. The highest BCUT2D eigenvalue weighted by atomic mass is 16.1. The molecule has 82 valence electrons. The van der Waals surface area contributed by atoms with Gasteiger partial charge < -0.3 is 0 Å². The minimum Gasteiger partial charge on any atom is -0.300 e. The predicted molar refractivity (Wildman–Crippen MR) is 57.7 cm³/mol. The zero-order valence-corrected chi connectivity index (χ0v) is 8.95. The number of aromatic nitrogens is 4. The van der Waals surface area contributed by atoms with Crippen LogP contribution in [-0.2, 0) is 4.79 Å². The smallest absolute Gasteiger partial charge is 0.138 e. The van der Waals surface area contributed by atoms with Crippen molar-refractivity contribution in [2.75, 3.05) is 0 Å². The summed E-state index contributed by atoms with van der Waals surface area (Å²) in [4.78, 5) is 11.2. The SMILES string of the molecule is CC(=O)CC(c1ccccc1)n1cnnn1. The molecule has 1 aromatic carbocycles. The van der Waals surface area contributed by atoms with E-state index in [0.29, 0.717) is 6.42 Å². The maximum absolute atomic E-state index is 11.2. The topological polar surface area (TPSA) is 60.7 Å². The minimum absolute atomic E-state index is 0.115. The summed E-state index contributed by atoms with van der Waals surface area (Å²) >= 11 is 0. The summed E-state index contributed by atoms with van der Waals surface area (Å²) in [6.07, 6.45) is 1.93. The van der Waals surface area contributed by atoms with Crippen LogP contribution in [0.5, 0.6) is 0 Å². The van der Waals surface area contributed by atoms with Crippen LogP contribution in [0.25, 0.3) is 0 Å². The van der Waals surface area contributed by atoms with Gasteiger partial charge in [0.2, 0.25) is 0 Å². The number of carbonyl (C=O) groups is 1. The quantitative estimate of drug-likeness (QED) is 0.771. The van der Waals surface area contributed by atoms with Crippen molar-refractivity contribution in [2.24, 2.45) is 0 Å². The highest BCUT2D eigenvalue weighted by Gasteiger charge is 2.16. The molecule has 0 saturated heterocycles. The molecule has 1 unspecified atom stereocenters. The number of hydrogen-bond donors (Lipinski definition) is 0. The Labute approximate surface area is 93.1 Å². The Bertz CT molecular complexity index is 452. The number of ketones is 1. The Kier molecular flexibility index (Phi) is 3.05. The Morgan fingerprint density at radius 3 is 2.69 bits per heavy atom. The van der Waals surface area contributed by atoms with Gasteiger partial charge in [0.25, 0.3) is 0 Å². The lowest BCUT2D eigenvalue weighted by molar-refractivity contribution is -0.117. The third kappa shape index (κ3) is 2.31. The van der Waals surface area contributed by atoms with Crippen molar-refractivity contribution in [3.63, 3.8) is 0 Å². The standard InChI is InChI=1S/C11H12N4O/c1-9(16)7-11(15-8-12-13-14-15)10-5-3-2-4-6-10/h2-6,8,11H,7H2,1H3. The van der Waals surface area contributed by atoms with Crippen molar-refractivity contribution in [1.82, 2.24) is 20.2 Å². The molecule has 5 nitrogen and oxygen atoms in total. The Balaban J connectivity index is 2.32. The molecule has 0 aliphatic rings. The molecule has 1 aromatic heterocycles. The molecule has 0 N–H and O–H groups in total.